The molecule has 0 saturated carbocycles. The molecule has 3 rings (SSSR count). The fourth-order valence-electron chi connectivity index (χ4n) is 2.88. The van der Waals surface area contributed by atoms with Crippen molar-refractivity contribution in [3.8, 4) is 22.3 Å². The van der Waals surface area contributed by atoms with Gasteiger partial charge in [0.05, 0.1) is 0 Å². The molecule has 0 amide bonds. The Bertz CT molecular complexity index is 807. The molecule has 0 aliphatic heterocycles. The highest BCUT2D eigenvalue weighted by Crippen LogP contribution is 2.28. The molecule has 3 heteroatoms. The summed E-state index contributed by atoms with van der Waals surface area (Å²) in [5.74, 6) is 0. The molecule has 3 aromatic rings. The molecule has 0 aliphatic rings. The van der Waals surface area contributed by atoms with Gasteiger partial charge in [-0.2, -0.15) is 0 Å². The number of hydrogen-bond donors (Lipinski definition) is 0. The van der Waals surface area contributed by atoms with Crippen molar-refractivity contribution in [2.24, 2.45) is 0 Å². The van der Waals surface area contributed by atoms with Crippen molar-refractivity contribution in [1.82, 2.24) is 0 Å². The summed E-state index contributed by atoms with van der Waals surface area (Å²) in [5, 5.41) is 0. The average molecular weight is 459 g/mol. The van der Waals surface area contributed by atoms with Gasteiger partial charge in [-0.15, -0.1) is 27.7 Å². The minimum atomic E-state index is 0.998. The van der Waals surface area contributed by atoms with Crippen molar-refractivity contribution < 1.29 is 0 Å². The van der Waals surface area contributed by atoms with E-state index in [9.17, 15) is 0 Å². The highest BCUT2D eigenvalue weighted by molar-refractivity contribution is 7.16. The zero-order valence-corrected chi connectivity index (χ0v) is 23.2. The number of hydrogen-bond acceptors (Lipinski definition) is 0. The Hall–Kier alpha value is -1.05. The Morgan fingerprint density at radius 1 is 0.433 bits per heavy atom. The molecule has 0 saturated heterocycles. The van der Waals surface area contributed by atoms with Crippen molar-refractivity contribution in [3.05, 3.63) is 83.4 Å². The zero-order valence-electron chi connectivity index (χ0n) is 19.7. The van der Waals surface area contributed by atoms with Crippen LogP contribution in [0.4, 0.5) is 0 Å². The standard InChI is InChI=1S/C21H23P3.3C2H6/c22-12-15-1-3-16(4-2-15)17-5-7-18(8-6-17)19-9-10-20(13-23)21(11-19)14-24;3*1-2/h1-11H,12-14,22-24H2;3*1-2H3. The summed E-state index contributed by atoms with van der Waals surface area (Å²) in [4.78, 5) is 0. The summed E-state index contributed by atoms with van der Waals surface area (Å²) in [6.45, 7) is 12.0. The predicted molar refractivity (Wildman–Crippen MR) is 152 cm³/mol. The topological polar surface area (TPSA) is 0 Å². The fraction of sp³-hybridized carbons (Fsp3) is 0.333. The summed E-state index contributed by atoms with van der Waals surface area (Å²) in [7, 11) is 8.42. The normalized spacial score (nSPS) is 9.23. The van der Waals surface area contributed by atoms with Crippen LogP contribution in [0, 0.1) is 0 Å². The van der Waals surface area contributed by atoms with Crippen LogP contribution in [0.1, 0.15) is 58.2 Å². The van der Waals surface area contributed by atoms with Gasteiger partial charge in [0.25, 0.3) is 0 Å². The van der Waals surface area contributed by atoms with Crippen molar-refractivity contribution in [1.29, 1.82) is 0 Å². The van der Waals surface area contributed by atoms with Gasteiger partial charge in [0.1, 0.15) is 0 Å². The molecule has 3 atom stereocenters. The van der Waals surface area contributed by atoms with Crippen molar-refractivity contribution in [2.45, 2.75) is 60.0 Å². The Kier molecular flexibility index (Phi) is 17.0. The maximum atomic E-state index is 2.84. The monoisotopic (exact) mass is 458 g/mol. The molecule has 0 N–H and O–H groups in total. The molecule has 30 heavy (non-hydrogen) atoms. The summed E-state index contributed by atoms with van der Waals surface area (Å²) in [5.41, 5.74) is 9.26. The lowest BCUT2D eigenvalue weighted by molar-refractivity contribution is 1.28. The molecule has 0 spiro atoms. The van der Waals surface area contributed by atoms with Gasteiger partial charge in [0.15, 0.2) is 0 Å². The van der Waals surface area contributed by atoms with Gasteiger partial charge in [-0.3, -0.25) is 0 Å². The molecule has 164 valence electrons. The fourth-order valence-corrected chi connectivity index (χ4v) is 3.93. The van der Waals surface area contributed by atoms with E-state index in [0.717, 1.165) is 18.5 Å². The minimum absolute atomic E-state index is 0.998. The van der Waals surface area contributed by atoms with Gasteiger partial charge < -0.3 is 0 Å². The van der Waals surface area contributed by atoms with Gasteiger partial charge in [0.2, 0.25) is 0 Å². The van der Waals surface area contributed by atoms with Gasteiger partial charge in [0, 0.05) is 0 Å². The van der Waals surface area contributed by atoms with Crippen LogP contribution >= 0.6 is 27.7 Å². The smallest absolute Gasteiger partial charge is 0.0125 e. The summed E-state index contributed by atoms with van der Waals surface area (Å²) >= 11 is 0. The second-order valence-electron chi connectivity index (χ2n) is 5.87. The van der Waals surface area contributed by atoms with Gasteiger partial charge in [-0.25, -0.2) is 0 Å². The second kappa shape index (κ2) is 17.6. The molecule has 0 aliphatic carbocycles. The van der Waals surface area contributed by atoms with Crippen molar-refractivity contribution in [3.63, 3.8) is 0 Å². The summed E-state index contributed by atoms with van der Waals surface area (Å²) < 4.78 is 0. The molecule has 0 aromatic heterocycles. The average Bonchev–Trinajstić information content (AvgIpc) is 2.87. The van der Waals surface area contributed by atoms with Gasteiger partial charge >= 0.3 is 0 Å². The summed E-state index contributed by atoms with van der Waals surface area (Å²) in [6.07, 6.45) is 3.01. The van der Waals surface area contributed by atoms with Crippen LogP contribution < -0.4 is 0 Å². The first-order valence-electron chi connectivity index (χ1n) is 11.2. The molecule has 3 unspecified atom stereocenters. The molecule has 0 heterocycles. The molecule has 0 bridgehead atoms. The van der Waals surface area contributed by atoms with E-state index in [1.54, 1.807) is 0 Å². The quantitative estimate of drug-likeness (QED) is 0.334. The molecular weight excluding hydrogens is 417 g/mol. The second-order valence-corrected chi connectivity index (χ2v) is 7.09. The van der Waals surface area contributed by atoms with E-state index in [-0.39, 0.29) is 0 Å². The predicted octanol–water partition coefficient (Wildman–Crippen LogP) is 9.22. The highest BCUT2D eigenvalue weighted by Gasteiger charge is 2.04. The van der Waals surface area contributed by atoms with Crippen LogP contribution in [-0.2, 0) is 18.5 Å². The summed E-state index contributed by atoms with van der Waals surface area (Å²) in [6, 6.07) is 24.5. The van der Waals surface area contributed by atoms with Crippen LogP contribution in [0.3, 0.4) is 0 Å². The third-order valence-corrected chi connectivity index (χ3v) is 5.74. The Morgan fingerprint density at radius 3 is 1.20 bits per heavy atom. The van der Waals surface area contributed by atoms with E-state index in [1.165, 1.54) is 38.9 Å². The van der Waals surface area contributed by atoms with Gasteiger partial charge in [-0.1, -0.05) is 108 Å². The van der Waals surface area contributed by atoms with E-state index < -0.39 is 0 Å². The lowest BCUT2D eigenvalue weighted by Gasteiger charge is -2.10. The van der Waals surface area contributed by atoms with Crippen LogP contribution in [0.5, 0.6) is 0 Å². The van der Waals surface area contributed by atoms with Gasteiger partial charge in [-0.05, 0) is 57.4 Å². The lowest BCUT2D eigenvalue weighted by Crippen LogP contribution is -1.89. The minimum Gasteiger partial charge on any atom is -0.133 e. The first-order valence-corrected chi connectivity index (χ1v) is 13.6. The SMILES string of the molecule is CC.CC.CC.PCc1ccc(-c2ccc(-c3ccc(CP)c(CP)c3)cc2)cc1. The molecule has 0 fully saturated rings. The Morgan fingerprint density at radius 2 is 0.800 bits per heavy atom. The third-order valence-electron chi connectivity index (χ3n) is 4.39. The Balaban J connectivity index is 0.00000129. The molecule has 0 nitrogen and oxygen atoms in total. The molecule has 0 radical (unpaired) electrons. The number of rotatable bonds is 5. The lowest BCUT2D eigenvalue weighted by atomic mass is 9.97. The first kappa shape index (κ1) is 28.9. The zero-order chi connectivity index (χ0) is 22.9. The first-order chi connectivity index (χ1) is 14.7. The van der Waals surface area contributed by atoms with E-state index in [2.05, 4.69) is 94.4 Å². The van der Waals surface area contributed by atoms with Crippen LogP contribution in [0.2, 0.25) is 0 Å². The third kappa shape index (κ3) is 8.60. The van der Waals surface area contributed by atoms with Crippen LogP contribution in [-0.4, -0.2) is 0 Å². The maximum Gasteiger partial charge on any atom is -0.0125 e. The molecule has 3 aromatic carbocycles. The van der Waals surface area contributed by atoms with E-state index in [1.807, 2.05) is 41.5 Å². The maximum absolute atomic E-state index is 2.84. The van der Waals surface area contributed by atoms with Crippen molar-refractivity contribution >= 4 is 27.7 Å². The Labute approximate surface area is 193 Å². The highest BCUT2D eigenvalue weighted by atomic mass is 31.0. The van der Waals surface area contributed by atoms with Crippen LogP contribution in [0.25, 0.3) is 22.3 Å². The molecular formula is C27H41P3. The largest absolute Gasteiger partial charge is 0.133 e. The van der Waals surface area contributed by atoms with Crippen LogP contribution in [0.15, 0.2) is 66.7 Å². The van der Waals surface area contributed by atoms with E-state index in [0.29, 0.717) is 0 Å². The van der Waals surface area contributed by atoms with E-state index >= 15 is 0 Å². The number of benzene rings is 3. The van der Waals surface area contributed by atoms with Crippen molar-refractivity contribution in [2.75, 3.05) is 0 Å². The van der Waals surface area contributed by atoms with E-state index in [4.69, 9.17) is 0 Å².